The molecule has 1 saturated carbocycles. The van der Waals surface area contributed by atoms with E-state index < -0.39 is 16.3 Å². The second-order valence-corrected chi connectivity index (χ2v) is 6.11. The quantitative estimate of drug-likeness (QED) is 0.783. The summed E-state index contributed by atoms with van der Waals surface area (Å²) in [5.41, 5.74) is -6.09. The van der Waals surface area contributed by atoms with Gasteiger partial charge in [0.15, 0.2) is 5.78 Å². The lowest BCUT2D eigenvalue weighted by atomic mass is 9.79. The molecule has 0 aromatic heterocycles. The maximum Gasteiger partial charge on any atom is 0.441 e. The fourth-order valence-corrected chi connectivity index (χ4v) is 2.82. The van der Waals surface area contributed by atoms with Gasteiger partial charge in [-0.1, -0.05) is 25.6 Å². The van der Waals surface area contributed by atoms with E-state index in [-0.39, 0.29) is 29.7 Å². The van der Waals surface area contributed by atoms with Crippen molar-refractivity contribution in [3.63, 3.8) is 0 Å². The molecule has 6 heteroatoms. The topological polar surface area (TPSA) is 40.9 Å². The van der Waals surface area contributed by atoms with Crippen LogP contribution in [0.25, 0.3) is 0 Å². The van der Waals surface area contributed by atoms with Crippen LogP contribution in [0.3, 0.4) is 0 Å². The van der Waals surface area contributed by atoms with Crippen molar-refractivity contribution in [2.75, 3.05) is 5.75 Å². The second-order valence-electron chi connectivity index (χ2n) is 4.95. The van der Waals surface area contributed by atoms with E-state index in [2.05, 4.69) is 0 Å². The summed E-state index contributed by atoms with van der Waals surface area (Å²) in [6.45, 7) is 3.48. The van der Waals surface area contributed by atoms with E-state index in [9.17, 15) is 18.0 Å². The molecular weight excluding hydrogens is 251 g/mol. The minimum absolute atomic E-state index is 0.0179. The van der Waals surface area contributed by atoms with Crippen LogP contribution in [-0.2, 0) is 4.79 Å². The van der Waals surface area contributed by atoms with Gasteiger partial charge in [0.1, 0.15) is 5.41 Å². The largest absolute Gasteiger partial charge is 0.441 e. The number of nitriles is 1. The van der Waals surface area contributed by atoms with E-state index >= 15 is 0 Å². The summed E-state index contributed by atoms with van der Waals surface area (Å²) in [4.78, 5) is 12.0. The SMILES string of the molecule is CC1(C)CCC(C#N)(CCSC(F)(F)F)C1=O. The minimum atomic E-state index is -4.30. The first-order valence-electron chi connectivity index (χ1n) is 5.30. The van der Waals surface area contributed by atoms with Crippen molar-refractivity contribution in [1.29, 1.82) is 5.26 Å². The van der Waals surface area contributed by atoms with Gasteiger partial charge in [0.25, 0.3) is 0 Å². The molecule has 1 aliphatic carbocycles. The van der Waals surface area contributed by atoms with Gasteiger partial charge in [0.05, 0.1) is 6.07 Å². The zero-order valence-corrected chi connectivity index (χ0v) is 10.5. The summed E-state index contributed by atoms with van der Waals surface area (Å²) in [6.07, 6.45) is 0.916. The highest BCUT2D eigenvalue weighted by Gasteiger charge is 2.52. The fraction of sp³-hybridized carbons (Fsp3) is 0.818. The zero-order valence-electron chi connectivity index (χ0n) is 9.73. The van der Waals surface area contributed by atoms with Gasteiger partial charge in [-0.2, -0.15) is 18.4 Å². The van der Waals surface area contributed by atoms with Gasteiger partial charge in [-0.3, -0.25) is 4.79 Å². The van der Waals surface area contributed by atoms with Gasteiger partial charge in [0.2, 0.25) is 0 Å². The molecule has 1 rings (SSSR count). The number of carbonyl (C=O) groups is 1. The smallest absolute Gasteiger partial charge is 0.297 e. The van der Waals surface area contributed by atoms with Gasteiger partial charge in [0, 0.05) is 11.2 Å². The molecule has 1 fully saturated rings. The molecule has 0 bridgehead atoms. The summed E-state index contributed by atoms with van der Waals surface area (Å²) in [5, 5.41) is 9.09. The highest BCUT2D eigenvalue weighted by molar-refractivity contribution is 8.00. The van der Waals surface area contributed by atoms with E-state index in [0.717, 1.165) is 0 Å². The van der Waals surface area contributed by atoms with Crippen molar-refractivity contribution in [2.24, 2.45) is 10.8 Å². The minimum Gasteiger partial charge on any atom is -0.297 e. The van der Waals surface area contributed by atoms with Crippen LogP contribution in [0.2, 0.25) is 0 Å². The number of halogens is 3. The summed E-state index contributed by atoms with van der Waals surface area (Å²) >= 11 is -0.167. The van der Waals surface area contributed by atoms with Crippen LogP contribution in [0.4, 0.5) is 13.2 Å². The van der Waals surface area contributed by atoms with Crippen LogP contribution < -0.4 is 0 Å². The molecule has 1 aliphatic rings. The van der Waals surface area contributed by atoms with E-state index in [4.69, 9.17) is 5.26 Å². The number of carbonyl (C=O) groups excluding carboxylic acids is 1. The number of hydrogen-bond donors (Lipinski definition) is 0. The van der Waals surface area contributed by atoms with Crippen molar-refractivity contribution in [1.82, 2.24) is 0 Å². The average molecular weight is 265 g/mol. The zero-order chi connectivity index (χ0) is 13.3. The number of Topliss-reactive ketones (excluding diaryl/α,β-unsaturated/α-hetero) is 1. The second kappa shape index (κ2) is 4.52. The van der Waals surface area contributed by atoms with Gasteiger partial charge in [-0.15, -0.1) is 0 Å². The molecule has 96 valence electrons. The molecule has 0 heterocycles. The molecule has 0 aromatic carbocycles. The maximum absolute atomic E-state index is 12.0. The van der Waals surface area contributed by atoms with Gasteiger partial charge in [-0.25, -0.2) is 0 Å². The molecule has 0 amide bonds. The predicted octanol–water partition coefficient (Wildman–Crippen LogP) is 3.53. The molecular formula is C11H14F3NOS. The van der Waals surface area contributed by atoms with Gasteiger partial charge >= 0.3 is 5.51 Å². The maximum atomic E-state index is 12.0. The van der Waals surface area contributed by atoms with Crippen LogP contribution >= 0.6 is 11.8 Å². The Morgan fingerprint density at radius 1 is 1.41 bits per heavy atom. The first-order valence-corrected chi connectivity index (χ1v) is 6.28. The normalized spacial score (nSPS) is 28.1. The Balaban J connectivity index is 2.68. The van der Waals surface area contributed by atoms with Crippen LogP contribution in [0.5, 0.6) is 0 Å². The van der Waals surface area contributed by atoms with Crippen molar-refractivity contribution in [3.05, 3.63) is 0 Å². The number of thioether (sulfide) groups is 1. The van der Waals surface area contributed by atoms with E-state index in [0.29, 0.717) is 12.8 Å². The van der Waals surface area contributed by atoms with E-state index in [1.54, 1.807) is 13.8 Å². The van der Waals surface area contributed by atoms with Gasteiger partial charge < -0.3 is 0 Å². The third kappa shape index (κ3) is 3.15. The number of rotatable bonds is 3. The summed E-state index contributed by atoms with van der Waals surface area (Å²) < 4.78 is 36.0. The molecule has 17 heavy (non-hydrogen) atoms. The van der Waals surface area contributed by atoms with E-state index in [1.807, 2.05) is 6.07 Å². The predicted molar refractivity (Wildman–Crippen MR) is 59.2 cm³/mol. The summed E-state index contributed by atoms with van der Waals surface area (Å²) in [7, 11) is 0. The third-order valence-electron chi connectivity index (χ3n) is 3.23. The molecule has 1 unspecified atom stereocenters. The number of nitrogens with zero attached hydrogens (tertiary/aromatic N) is 1. The molecule has 1 atom stereocenters. The molecule has 0 N–H and O–H groups in total. The molecule has 0 aromatic rings. The number of alkyl halides is 3. The molecule has 0 saturated heterocycles. The summed E-state index contributed by atoms with van der Waals surface area (Å²) in [6, 6.07) is 1.94. The molecule has 0 radical (unpaired) electrons. The van der Waals surface area contributed by atoms with Crippen molar-refractivity contribution in [3.8, 4) is 6.07 Å². The highest BCUT2D eigenvalue weighted by Crippen LogP contribution is 2.48. The first-order chi connectivity index (χ1) is 7.63. The Hall–Kier alpha value is -0.700. The summed E-state index contributed by atoms with van der Waals surface area (Å²) in [5.74, 6) is -0.450. The van der Waals surface area contributed by atoms with Crippen molar-refractivity contribution >= 4 is 17.5 Å². The Kier molecular flexibility index (Phi) is 3.82. The van der Waals surface area contributed by atoms with Crippen molar-refractivity contribution in [2.45, 2.75) is 38.6 Å². The number of ketones is 1. The van der Waals surface area contributed by atoms with Crippen molar-refractivity contribution < 1.29 is 18.0 Å². The average Bonchev–Trinajstić information content (AvgIpc) is 2.41. The molecule has 2 nitrogen and oxygen atoms in total. The Bertz CT molecular complexity index is 359. The fourth-order valence-electron chi connectivity index (χ4n) is 2.14. The van der Waals surface area contributed by atoms with Crippen LogP contribution in [0.15, 0.2) is 0 Å². The standard InChI is InChI=1S/C11H14F3NOS/c1-9(2)3-4-10(7-15,8(9)16)5-6-17-11(12,13)14/h3-6H2,1-2H3. The highest BCUT2D eigenvalue weighted by atomic mass is 32.2. The molecule has 0 aliphatic heterocycles. The number of hydrogen-bond acceptors (Lipinski definition) is 3. The van der Waals surface area contributed by atoms with Gasteiger partial charge in [-0.05, 0) is 19.3 Å². The monoisotopic (exact) mass is 265 g/mol. The lowest BCUT2D eigenvalue weighted by molar-refractivity contribution is -0.130. The van der Waals surface area contributed by atoms with Crippen LogP contribution in [0.1, 0.15) is 33.1 Å². The van der Waals surface area contributed by atoms with Crippen LogP contribution in [0, 0.1) is 22.2 Å². The Labute approximate surface area is 103 Å². The Morgan fingerprint density at radius 3 is 2.35 bits per heavy atom. The lowest BCUT2D eigenvalue weighted by Crippen LogP contribution is -2.32. The van der Waals surface area contributed by atoms with Crippen LogP contribution in [-0.4, -0.2) is 17.0 Å². The first kappa shape index (κ1) is 14.4. The Morgan fingerprint density at radius 2 is 2.00 bits per heavy atom. The van der Waals surface area contributed by atoms with E-state index in [1.165, 1.54) is 0 Å². The third-order valence-corrected chi connectivity index (χ3v) is 3.97. The molecule has 0 spiro atoms. The lowest BCUT2D eigenvalue weighted by Gasteiger charge is -2.22.